The van der Waals surface area contributed by atoms with E-state index in [-0.39, 0.29) is 0 Å². The van der Waals surface area contributed by atoms with Crippen LogP contribution < -0.4 is 0 Å². The van der Waals surface area contributed by atoms with Crippen molar-refractivity contribution in [2.24, 2.45) is 0 Å². The van der Waals surface area contributed by atoms with Crippen molar-refractivity contribution in [2.45, 2.75) is 23.9 Å². The summed E-state index contributed by atoms with van der Waals surface area (Å²) in [5, 5.41) is 2.30. The van der Waals surface area contributed by atoms with Crippen molar-refractivity contribution in [3.8, 4) is 0 Å². The van der Waals surface area contributed by atoms with Crippen LogP contribution in [-0.2, 0) is 0 Å². The first-order valence-electron chi connectivity index (χ1n) is 5.20. The van der Waals surface area contributed by atoms with Crippen molar-refractivity contribution in [1.29, 1.82) is 0 Å². The number of rotatable bonds is 4. The minimum absolute atomic E-state index is 0.588. The van der Waals surface area contributed by atoms with Gasteiger partial charge in [0.15, 0.2) is 0 Å². The standard InChI is InChI=1S/2C6H7NS.Sn/c2*1-5-3-2-4-6(8)7-5;/h2*2-4H,1H3,(H,7,8);/q;;+2/p-2. The molecular weight excluding hydrogens is 355 g/mol. The molecule has 0 spiro atoms. The Hall–Kier alpha value is -0.201. The van der Waals surface area contributed by atoms with Crippen molar-refractivity contribution < 1.29 is 0 Å². The summed E-state index contributed by atoms with van der Waals surface area (Å²) < 4.78 is 0. The molecule has 5 heteroatoms. The number of aryl methyl sites for hydroxylation is 2. The van der Waals surface area contributed by atoms with Crippen LogP contribution in [0.2, 0.25) is 0 Å². The molecule has 0 N–H and O–H groups in total. The summed E-state index contributed by atoms with van der Waals surface area (Å²) in [6, 6.07) is 12.4. The van der Waals surface area contributed by atoms with Crippen LogP contribution in [0.25, 0.3) is 0 Å². The van der Waals surface area contributed by atoms with E-state index >= 15 is 0 Å². The van der Waals surface area contributed by atoms with E-state index in [2.05, 4.69) is 34.2 Å². The Morgan fingerprint density at radius 2 is 1.29 bits per heavy atom. The Kier molecular flexibility index (Phi) is 5.18. The van der Waals surface area contributed by atoms with Gasteiger partial charge in [-0.15, -0.1) is 0 Å². The van der Waals surface area contributed by atoms with E-state index in [0.29, 0.717) is 0 Å². The molecule has 2 radical (unpaired) electrons. The van der Waals surface area contributed by atoms with Crippen LogP contribution in [0.4, 0.5) is 0 Å². The first kappa shape index (κ1) is 13.2. The third-order valence-corrected chi connectivity index (χ3v) is 11.4. The molecule has 0 unspecified atom stereocenters. The summed E-state index contributed by atoms with van der Waals surface area (Å²) in [5.74, 6) is 0. The zero-order chi connectivity index (χ0) is 12.1. The van der Waals surface area contributed by atoms with Gasteiger partial charge in [0.2, 0.25) is 0 Å². The SMILES string of the molecule is Cc1cccc([S][Sn][S]c2cccc(C)n2)n1. The third kappa shape index (κ3) is 4.52. The van der Waals surface area contributed by atoms with Crippen molar-refractivity contribution in [3.63, 3.8) is 0 Å². The average molecular weight is 367 g/mol. The van der Waals surface area contributed by atoms with E-state index in [9.17, 15) is 0 Å². The van der Waals surface area contributed by atoms with Crippen LogP contribution in [-0.4, -0.2) is 28.3 Å². The quantitative estimate of drug-likeness (QED) is 0.773. The maximum atomic E-state index is 4.49. The van der Waals surface area contributed by atoms with Crippen molar-refractivity contribution in [1.82, 2.24) is 9.97 Å². The molecule has 0 fully saturated rings. The van der Waals surface area contributed by atoms with Gasteiger partial charge in [0.1, 0.15) is 0 Å². The third-order valence-electron chi connectivity index (χ3n) is 2.02. The Labute approximate surface area is 117 Å². The molecule has 0 bridgehead atoms. The fourth-order valence-electron chi connectivity index (χ4n) is 1.26. The summed E-state index contributed by atoms with van der Waals surface area (Å²) in [5.41, 5.74) is 2.18. The van der Waals surface area contributed by atoms with E-state index in [1.54, 1.807) is 0 Å². The van der Waals surface area contributed by atoms with Gasteiger partial charge < -0.3 is 0 Å². The molecule has 0 aromatic carbocycles. The molecule has 0 atom stereocenters. The topological polar surface area (TPSA) is 25.8 Å². The monoisotopic (exact) mass is 368 g/mol. The number of hydrogen-bond donors (Lipinski definition) is 0. The summed E-state index contributed by atoms with van der Waals surface area (Å²) in [4.78, 5) is 8.99. The molecule has 2 nitrogen and oxygen atoms in total. The summed E-state index contributed by atoms with van der Waals surface area (Å²) in [6.07, 6.45) is 0. The van der Waals surface area contributed by atoms with Crippen molar-refractivity contribution >= 4 is 36.3 Å². The fraction of sp³-hybridized carbons (Fsp3) is 0.167. The second kappa shape index (κ2) is 6.66. The van der Waals surface area contributed by atoms with Gasteiger partial charge in [-0.1, -0.05) is 0 Å². The number of pyridine rings is 2. The molecular formula is C12H12N2S2Sn. The maximum absolute atomic E-state index is 4.49. The van der Waals surface area contributed by atoms with Gasteiger partial charge in [-0.05, 0) is 0 Å². The number of hydrogen-bond acceptors (Lipinski definition) is 4. The molecule has 0 aliphatic heterocycles. The number of aromatic nitrogens is 2. The van der Waals surface area contributed by atoms with E-state index in [4.69, 9.17) is 0 Å². The van der Waals surface area contributed by atoms with Gasteiger partial charge in [-0.25, -0.2) is 0 Å². The van der Waals surface area contributed by atoms with Gasteiger partial charge in [0.05, 0.1) is 0 Å². The fourth-order valence-corrected chi connectivity index (χ4v) is 10.2. The van der Waals surface area contributed by atoms with E-state index in [1.807, 2.05) is 43.9 Å². The zero-order valence-corrected chi connectivity index (χ0v) is 14.2. The second-order valence-corrected chi connectivity index (χ2v) is 13.2. The number of nitrogens with zero attached hydrogens (tertiary/aromatic N) is 2. The molecule has 2 aromatic heterocycles. The van der Waals surface area contributed by atoms with Crippen molar-refractivity contribution in [2.75, 3.05) is 0 Å². The first-order chi connectivity index (χ1) is 8.24. The Morgan fingerprint density at radius 3 is 1.71 bits per heavy atom. The molecule has 2 aromatic rings. The first-order valence-corrected chi connectivity index (χ1v) is 13.8. The molecule has 0 aliphatic carbocycles. The molecule has 0 saturated heterocycles. The van der Waals surface area contributed by atoms with Crippen LogP contribution in [0.15, 0.2) is 46.5 Å². The minimum atomic E-state index is -0.588. The molecule has 0 amide bonds. The van der Waals surface area contributed by atoms with Gasteiger partial charge in [-0.3, -0.25) is 0 Å². The summed E-state index contributed by atoms with van der Waals surface area (Å²) in [6.45, 7) is 4.06. The second-order valence-electron chi connectivity index (χ2n) is 3.52. The Bertz CT molecular complexity index is 460. The van der Waals surface area contributed by atoms with Crippen LogP contribution >= 0.6 is 17.9 Å². The van der Waals surface area contributed by atoms with Crippen LogP contribution in [0, 0.1) is 13.8 Å². The van der Waals surface area contributed by atoms with E-state index in [0.717, 1.165) is 21.4 Å². The molecule has 2 rings (SSSR count). The van der Waals surface area contributed by atoms with Gasteiger partial charge in [-0.2, -0.15) is 0 Å². The predicted octanol–water partition coefficient (Wildman–Crippen LogP) is 3.51. The van der Waals surface area contributed by atoms with Crippen LogP contribution in [0.3, 0.4) is 0 Å². The molecule has 0 saturated carbocycles. The summed E-state index contributed by atoms with van der Waals surface area (Å²) >= 11 is -0.588. The molecule has 86 valence electrons. The van der Waals surface area contributed by atoms with E-state index < -0.39 is 18.4 Å². The zero-order valence-electron chi connectivity index (χ0n) is 9.68. The van der Waals surface area contributed by atoms with E-state index in [1.165, 1.54) is 0 Å². The molecule has 2 heterocycles. The van der Waals surface area contributed by atoms with Crippen LogP contribution in [0.1, 0.15) is 11.4 Å². The van der Waals surface area contributed by atoms with Crippen LogP contribution in [0.5, 0.6) is 0 Å². The summed E-state index contributed by atoms with van der Waals surface area (Å²) in [7, 11) is 3.83. The van der Waals surface area contributed by atoms with Gasteiger partial charge in [0.25, 0.3) is 0 Å². The predicted molar refractivity (Wildman–Crippen MR) is 75.4 cm³/mol. The average Bonchev–Trinajstić information content (AvgIpc) is 2.29. The van der Waals surface area contributed by atoms with Gasteiger partial charge in [0, 0.05) is 0 Å². The Balaban J connectivity index is 1.87. The molecule has 0 aliphatic rings. The Morgan fingerprint density at radius 1 is 0.824 bits per heavy atom. The molecule has 17 heavy (non-hydrogen) atoms. The van der Waals surface area contributed by atoms with Crippen molar-refractivity contribution in [3.05, 3.63) is 47.8 Å². The van der Waals surface area contributed by atoms with Gasteiger partial charge >= 0.3 is 118 Å². The normalized spacial score (nSPS) is 10.5.